The Morgan fingerprint density at radius 2 is 1.47 bits per heavy atom. The van der Waals surface area contributed by atoms with Gasteiger partial charge in [0.15, 0.2) is 0 Å². The molecule has 0 amide bonds. The molecule has 0 aromatic rings. The molecule has 0 saturated carbocycles. The standard InChI is InChI=1S/C10H18O4.Na/c1-14-10(13)8-6-4-2-3-5-7-9(11)12;/h2-8H2,1H3,(H,11,12);/q;+1/p-1. The van der Waals surface area contributed by atoms with Gasteiger partial charge in [-0.05, 0) is 19.3 Å². The smallest absolute Gasteiger partial charge is 0.550 e. The first-order valence-electron chi connectivity index (χ1n) is 4.93. The number of rotatable bonds is 8. The van der Waals surface area contributed by atoms with Crippen LogP contribution in [0.25, 0.3) is 0 Å². The second-order valence-corrected chi connectivity index (χ2v) is 3.22. The summed E-state index contributed by atoms with van der Waals surface area (Å²) in [6.07, 6.45) is 4.87. The molecule has 4 nitrogen and oxygen atoms in total. The Morgan fingerprint density at radius 1 is 1.00 bits per heavy atom. The van der Waals surface area contributed by atoms with Gasteiger partial charge in [-0.2, -0.15) is 0 Å². The van der Waals surface area contributed by atoms with Crippen molar-refractivity contribution in [1.82, 2.24) is 0 Å². The predicted octanol–water partition coefficient (Wildman–Crippen LogP) is -2.36. The second-order valence-electron chi connectivity index (χ2n) is 3.22. The Bertz CT molecular complexity index is 182. The van der Waals surface area contributed by atoms with Crippen molar-refractivity contribution in [2.24, 2.45) is 0 Å². The topological polar surface area (TPSA) is 66.4 Å². The van der Waals surface area contributed by atoms with Crippen molar-refractivity contribution < 1.29 is 49.0 Å². The molecule has 0 spiro atoms. The molecule has 5 heteroatoms. The molecule has 0 bridgehead atoms. The van der Waals surface area contributed by atoms with E-state index in [0.29, 0.717) is 12.8 Å². The summed E-state index contributed by atoms with van der Waals surface area (Å²) < 4.78 is 4.48. The minimum atomic E-state index is -0.987. The van der Waals surface area contributed by atoms with Crippen LogP contribution in [0.1, 0.15) is 44.9 Å². The summed E-state index contributed by atoms with van der Waals surface area (Å²) >= 11 is 0. The summed E-state index contributed by atoms with van der Waals surface area (Å²) in [5, 5.41) is 10.0. The molecule has 0 unspecified atom stereocenters. The molecule has 82 valence electrons. The second kappa shape index (κ2) is 12.0. The zero-order chi connectivity index (χ0) is 10.8. The van der Waals surface area contributed by atoms with Crippen LogP contribution in [0.4, 0.5) is 0 Å². The number of unbranched alkanes of at least 4 members (excludes halogenated alkanes) is 4. The van der Waals surface area contributed by atoms with Crippen LogP contribution in [0.15, 0.2) is 0 Å². The van der Waals surface area contributed by atoms with E-state index in [1.807, 2.05) is 0 Å². The average molecular weight is 224 g/mol. The fraction of sp³-hybridized carbons (Fsp3) is 0.800. The van der Waals surface area contributed by atoms with E-state index in [0.717, 1.165) is 25.7 Å². The Balaban J connectivity index is 0. The van der Waals surface area contributed by atoms with Gasteiger partial charge >= 0.3 is 35.5 Å². The van der Waals surface area contributed by atoms with Gasteiger partial charge in [-0.15, -0.1) is 0 Å². The molecule has 0 aliphatic heterocycles. The number of hydrogen-bond acceptors (Lipinski definition) is 4. The number of carboxylic acids is 1. The number of aliphatic carboxylic acids is 1. The van der Waals surface area contributed by atoms with Crippen molar-refractivity contribution in [3.8, 4) is 0 Å². The van der Waals surface area contributed by atoms with Gasteiger partial charge < -0.3 is 14.6 Å². The molecule has 0 aromatic carbocycles. The van der Waals surface area contributed by atoms with Gasteiger partial charge in [0.2, 0.25) is 0 Å². The molecule has 0 radical (unpaired) electrons. The molecule has 15 heavy (non-hydrogen) atoms. The van der Waals surface area contributed by atoms with Gasteiger partial charge in [0, 0.05) is 12.4 Å². The predicted molar refractivity (Wildman–Crippen MR) is 49.3 cm³/mol. The fourth-order valence-corrected chi connectivity index (χ4v) is 1.17. The maximum Gasteiger partial charge on any atom is 1.00 e. The van der Waals surface area contributed by atoms with Crippen LogP contribution in [0.2, 0.25) is 0 Å². The Hall–Kier alpha value is -0.0600. The number of ether oxygens (including phenoxy) is 1. The van der Waals surface area contributed by atoms with E-state index in [1.54, 1.807) is 0 Å². The molecule has 0 rings (SSSR count). The molecule has 0 aromatic heterocycles. The zero-order valence-electron chi connectivity index (χ0n) is 9.58. The summed E-state index contributed by atoms with van der Waals surface area (Å²) in [5.74, 6) is -1.17. The van der Waals surface area contributed by atoms with Crippen LogP contribution in [-0.4, -0.2) is 19.0 Å². The number of carboxylic acid groups (broad SMARTS) is 1. The van der Waals surface area contributed by atoms with E-state index < -0.39 is 5.97 Å². The van der Waals surface area contributed by atoms with E-state index in [2.05, 4.69) is 4.74 Å². The largest absolute Gasteiger partial charge is 1.00 e. The third kappa shape index (κ3) is 13.9. The third-order valence-corrected chi connectivity index (χ3v) is 1.99. The molecule has 0 fully saturated rings. The first-order chi connectivity index (χ1) is 6.66. The quantitative estimate of drug-likeness (QED) is 0.263. The third-order valence-electron chi connectivity index (χ3n) is 1.99. The van der Waals surface area contributed by atoms with Gasteiger partial charge in [0.25, 0.3) is 0 Å². The first-order valence-corrected chi connectivity index (χ1v) is 4.93. The number of carbonyl (C=O) groups excluding carboxylic acids is 2. The van der Waals surface area contributed by atoms with Crippen molar-refractivity contribution >= 4 is 11.9 Å². The van der Waals surface area contributed by atoms with E-state index in [9.17, 15) is 14.7 Å². The number of methoxy groups -OCH3 is 1. The average Bonchev–Trinajstić information content (AvgIpc) is 2.15. The van der Waals surface area contributed by atoms with E-state index in [4.69, 9.17) is 0 Å². The Morgan fingerprint density at radius 3 is 1.93 bits per heavy atom. The summed E-state index contributed by atoms with van der Waals surface area (Å²) in [6.45, 7) is 0. The Kier molecular flexibility index (Phi) is 13.9. The normalized spacial score (nSPS) is 9.13. The van der Waals surface area contributed by atoms with Crippen molar-refractivity contribution in [3.05, 3.63) is 0 Å². The van der Waals surface area contributed by atoms with Crippen LogP contribution < -0.4 is 34.7 Å². The van der Waals surface area contributed by atoms with Gasteiger partial charge in [-0.3, -0.25) is 4.79 Å². The minimum Gasteiger partial charge on any atom is -0.550 e. The number of hydrogen-bond donors (Lipinski definition) is 0. The van der Waals surface area contributed by atoms with Gasteiger partial charge in [0.05, 0.1) is 7.11 Å². The van der Waals surface area contributed by atoms with Crippen molar-refractivity contribution in [3.63, 3.8) is 0 Å². The SMILES string of the molecule is COC(=O)CCCCCCCC(=O)[O-].[Na+]. The summed E-state index contributed by atoms with van der Waals surface area (Å²) in [5.41, 5.74) is 0. The maximum absolute atomic E-state index is 10.7. The summed E-state index contributed by atoms with van der Waals surface area (Å²) in [6, 6.07) is 0. The van der Waals surface area contributed by atoms with E-state index in [-0.39, 0.29) is 41.9 Å². The monoisotopic (exact) mass is 224 g/mol. The van der Waals surface area contributed by atoms with Crippen LogP contribution in [0, 0.1) is 0 Å². The number of esters is 1. The molecule has 0 saturated heterocycles. The molecular weight excluding hydrogens is 207 g/mol. The van der Waals surface area contributed by atoms with E-state index >= 15 is 0 Å². The minimum absolute atomic E-state index is 0. The van der Waals surface area contributed by atoms with Gasteiger partial charge in [-0.1, -0.05) is 19.3 Å². The maximum atomic E-state index is 10.7. The van der Waals surface area contributed by atoms with Crippen molar-refractivity contribution in [2.45, 2.75) is 44.9 Å². The van der Waals surface area contributed by atoms with Gasteiger partial charge in [-0.25, -0.2) is 0 Å². The summed E-state index contributed by atoms with van der Waals surface area (Å²) in [4.78, 5) is 20.7. The molecule has 0 N–H and O–H groups in total. The number of carbonyl (C=O) groups is 2. The first kappa shape index (κ1) is 17.3. The zero-order valence-corrected chi connectivity index (χ0v) is 11.6. The molecule has 0 atom stereocenters. The molecule has 0 heterocycles. The molecule has 0 aliphatic carbocycles. The van der Waals surface area contributed by atoms with Crippen LogP contribution >= 0.6 is 0 Å². The van der Waals surface area contributed by atoms with Crippen LogP contribution in [-0.2, 0) is 14.3 Å². The van der Waals surface area contributed by atoms with Crippen LogP contribution in [0.3, 0.4) is 0 Å². The van der Waals surface area contributed by atoms with Gasteiger partial charge in [0.1, 0.15) is 0 Å². The summed E-state index contributed by atoms with van der Waals surface area (Å²) in [7, 11) is 1.38. The van der Waals surface area contributed by atoms with Crippen LogP contribution in [0.5, 0.6) is 0 Å². The molecule has 0 aliphatic rings. The fourth-order valence-electron chi connectivity index (χ4n) is 1.17. The van der Waals surface area contributed by atoms with Crippen molar-refractivity contribution in [1.29, 1.82) is 0 Å². The van der Waals surface area contributed by atoms with Crippen molar-refractivity contribution in [2.75, 3.05) is 7.11 Å². The molecular formula is C10H17NaO4. The van der Waals surface area contributed by atoms with E-state index in [1.165, 1.54) is 7.11 Å². The Labute approximate surface area is 113 Å².